The quantitative estimate of drug-likeness (QED) is 0.767. The molecule has 0 aromatic carbocycles. The number of ether oxygens (including phenoxy) is 1. The number of nitrogens with zero attached hydrogens (tertiary/aromatic N) is 1. The number of rotatable bonds is 6. The van der Waals surface area contributed by atoms with E-state index in [1.54, 1.807) is 7.11 Å². The summed E-state index contributed by atoms with van der Waals surface area (Å²) in [5, 5.41) is 3.54. The molecule has 0 spiro atoms. The smallest absolute Gasteiger partial charge is 0.0613 e. The van der Waals surface area contributed by atoms with Crippen molar-refractivity contribution in [3.63, 3.8) is 0 Å². The van der Waals surface area contributed by atoms with E-state index in [2.05, 4.69) is 17.1 Å². The summed E-state index contributed by atoms with van der Waals surface area (Å²) in [5.41, 5.74) is 0. The van der Waals surface area contributed by atoms with Crippen LogP contribution in [0, 0.1) is 5.92 Å². The summed E-state index contributed by atoms with van der Waals surface area (Å²) < 4.78 is 5.14. The van der Waals surface area contributed by atoms with E-state index in [1.165, 1.54) is 45.2 Å². The molecular formula is C14H28N2O. The van der Waals surface area contributed by atoms with Crippen LogP contribution >= 0.6 is 0 Å². The molecule has 1 aliphatic heterocycles. The molecular weight excluding hydrogens is 212 g/mol. The number of methoxy groups -OCH3 is 1. The van der Waals surface area contributed by atoms with Gasteiger partial charge in [-0.15, -0.1) is 0 Å². The largest absolute Gasteiger partial charge is 0.383 e. The molecule has 0 aromatic heterocycles. The Hall–Kier alpha value is -0.120. The fraction of sp³-hybridized carbons (Fsp3) is 1.00. The molecule has 3 heteroatoms. The van der Waals surface area contributed by atoms with Gasteiger partial charge >= 0.3 is 0 Å². The number of fused-ring (bicyclic) bond motifs is 1. The van der Waals surface area contributed by atoms with E-state index in [9.17, 15) is 0 Å². The van der Waals surface area contributed by atoms with Crippen molar-refractivity contribution in [1.29, 1.82) is 0 Å². The van der Waals surface area contributed by atoms with Crippen LogP contribution in [0.3, 0.4) is 0 Å². The molecule has 17 heavy (non-hydrogen) atoms. The van der Waals surface area contributed by atoms with Gasteiger partial charge in [-0.1, -0.05) is 12.8 Å². The van der Waals surface area contributed by atoms with Crippen molar-refractivity contribution >= 4 is 0 Å². The van der Waals surface area contributed by atoms with E-state index in [0.717, 1.165) is 25.1 Å². The van der Waals surface area contributed by atoms with Crippen LogP contribution in [0.5, 0.6) is 0 Å². The lowest BCUT2D eigenvalue weighted by molar-refractivity contribution is 0.160. The summed E-state index contributed by atoms with van der Waals surface area (Å²) in [4.78, 5) is 2.72. The number of nitrogens with one attached hydrogen (secondary N) is 1. The Labute approximate surface area is 106 Å². The van der Waals surface area contributed by atoms with Gasteiger partial charge < -0.3 is 10.1 Å². The average Bonchev–Trinajstić information content (AvgIpc) is 2.73. The van der Waals surface area contributed by atoms with Crippen LogP contribution in [0.15, 0.2) is 0 Å². The predicted octanol–water partition coefficient (Wildman–Crippen LogP) is 1.88. The molecule has 1 N–H and O–H groups in total. The summed E-state index contributed by atoms with van der Waals surface area (Å²) >= 11 is 0. The minimum Gasteiger partial charge on any atom is -0.383 e. The van der Waals surface area contributed by atoms with Gasteiger partial charge in [-0.3, -0.25) is 4.90 Å². The maximum atomic E-state index is 5.14. The van der Waals surface area contributed by atoms with Crippen LogP contribution in [-0.4, -0.2) is 50.3 Å². The topological polar surface area (TPSA) is 24.5 Å². The third-order valence-corrected chi connectivity index (χ3v) is 4.43. The van der Waals surface area contributed by atoms with Crippen LogP contribution < -0.4 is 5.32 Å². The van der Waals surface area contributed by atoms with Gasteiger partial charge in [-0.2, -0.15) is 0 Å². The highest BCUT2D eigenvalue weighted by Gasteiger charge is 2.34. The zero-order valence-corrected chi connectivity index (χ0v) is 11.5. The van der Waals surface area contributed by atoms with Crippen molar-refractivity contribution < 1.29 is 4.74 Å². The molecule has 3 unspecified atom stereocenters. The van der Waals surface area contributed by atoms with Gasteiger partial charge in [0, 0.05) is 32.3 Å². The Balaban J connectivity index is 1.65. The molecule has 100 valence electrons. The summed E-state index contributed by atoms with van der Waals surface area (Å²) in [5.74, 6) is 1.01. The van der Waals surface area contributed by atoms with Crippen LogP contribution in [-0.2, 0) is 4.74 Å². The molecule has 2 rings (SSSR count). The molecule has 1 saturated heterocycles. The summed E-state index contributed by atoms with van der Waals surface area (Å²) in [7, 11) is 1.77. The fourth-order valence-electron chi connectivity index (χ4n) is 3.54. The Morgan fingerprint density at radius 2 is 2.12 bits per heavy atom. The standard InChI is InChI=1S/C14H28N2O/c1-12(11-17-2)15-8-10-16-9-7-13-5-3-4-6-14(13)16/h12-15H,3-11H2,1-2H3. The third-order valence-electron chi connectivity index (χ3n) is 4.43. The lowest BCUT2D eigenvalue weighted by Crippen LogP contribution is -2.41. The zero-order valence-electron chi connectivity index (χ0n) is 11.5. The highest BCUT2D eigenvalue weighted by atomic mass is 16.5. The van der Waals surface area contributed by atoms with Crippen molar-refractivity contribution in [2.24, 2.45) is 5.92 Å². The van der Waals surface area contributed by atoms with Crippen molar-refractivity contribution in [3.05, 3.63) is 0 Å². The second-order valence-electron chi connectivity index (χ2n) is 5.75. The highest BCUT2D eigenvalue weighted by molar-refractivity contribution is 4.89. The molecule has 3 atom stereocenters. The Bertz CT molecular complexity index is 222. The Morgan fingerprint density at radius 1 is 1.29 bits per heavy atom. The Morgan fingerprint density at radius 3 is 2.94 bits per heavy atom. The maximum Gasteiger partial charge on any atom is 0.0613 e. The van der Waals surface area contributed by atoms with Gasteiger partial charge in [0.25, 0.3) is 0 Å². The van der Waals surface area contributed by atoms with E-state index in [1.807, 2.05) is 0 Å². The average molecular weight is 240 g/mol. The van der Waals surface area contributed by atoms with Crippen LogP contribution in [0.4, 0.5) is 0 Å². The minimum atomic E-state index is 0.477. The van der Waals surface area contributed by atoms with Crippen molar-refractivity contribution in [3.8, 4) is 0 Å². The fourth-order valence-corrected chi connectivity index (χ4v) is 3.54. The molecule has 0 aromatic rings. The van der Waals surface area contributed by atoms with Crippen molar-refractivity contribution in [1.82, 2.24) is 10.2 Å². The van der Waals surface area contributed by atoms with Gasteiger partial charge in [0.05, 0.1) is 6.61 Å². The highest BCUT2D eigenvalue weighted by Crippen LogP contribution is 2.35. The van der Waals surface area contributed by atoms with Crippen LogP contribution in [0.1, 0.15) is 39.0 Å². The first-order valence-corrected chi connectivity index (χ1v) is 7.27. The maximum absolute atomic E-state index is 5.14. The second-order valence-corrected chi connectivity index (χ2v) is 5.75. The first-order chi connectivity index (χ1) is 8.31. The lowest BCUT2D eigenvalue weighted by atomic mass is 9.85. The third kappa shape index (κ3) is 3.67. The minimum absolute atomic E-state index is 0.477. The van der Waals surface area contributed by atoms with Crippen LogP contribution in [0.25, 0.3) is 0 Å². The molecule has 0 bridgehead atoms. The van der Waals surface area contributed by atoms with Crippen molar-refractivity contribution in [2.45, 2.75) is 51.1 Å². The molecule has 1 heterocycles. The lowest BCUT2D eigenvalue weighted by Gasteiger charge is -2.32. The molecule has 2 fully saturated rings. The first-order valence-electron chi connectivity index (χ1n) is 7.27. The van der Waals surface area contributed by atoms with E-state index in [0.29, 0.717) is 6.04 Å². The first kappa shape index (κ1) is 13.3. The predicted molar refractivity (Wildman–Crippen MR) is 71.3 cm³/mol. The number of hydrogen-bond acceptors (Lipinski definition) is 3. The number of hydrogen-bond donors (Lipinski definition) is 1. The number of likely N-dealkylation sites (tertiary alicyclic amines) is 1. The van der Waals surface area contributed by atoms with E-state index < -0.39 is 0 Å². The van der Waals surface area contributed by atoms with Gasteiger partial charge in [-0.05, 0) is 38.6 Å². The van der Waals surface area contributed by atoms with E-state index >= 15 is 0 Å². The molecule has 1 saturated carbocycles. The van der Waals surface area contributed by atoms with Gasteiger partial charge in [-0.25, -0.2) is 0 Å². The normalized spacial score (nSPS) is 31.4. The van der Waals surface area contributed by atoms with Gasteiger partial charge in [0.15, 0.2) is 0 Å². The summed E-state index contributed by atoms with van der Waals surface area (Å²) in [6.07, 6.45) is 7.29. The Kier molecular flexibility index (Phi) is 5.26. The monoisotopic (exact) mass is 240 g/mol. The van der Waals surface area contributed by atoms with E-state index in [-0.39, 0.29) is 0 Å². The molecule has 0 amide bonds. The molecule has 1 aliphatic carbocycles. The molecule has 2 aliphatic rings. The summed E-state index contributed by atoms with van der Waals surface area (Å²) in [6, 6.07) is 1.38. The zero-order chi connectivity index (χ0) is 12.1. The van der Waals surface area contributed by atoms with E-state index in [4.69, 9.17) is 4.74 Å². The van der Waals surface area contributed by atoms with Crippen LogP contribution in [0.2, 0.25) is 0 Å². The van der Waals surface area contributed by atoms with Gasteiger partial charge in [0.1, 0.15) is 0 Å². The van der Waals surface area contributed by atoms with Crippen molar-refractivity contribution in [2.75, 3.05) is 33.4 Å². The summed E-state index contributed by atoms with van der Waals surface area (Å²) in [6.45, 7) is 6.65. The molecule has 0 radical (unpaired) electrons. The van der Waals surface area contributed by atoms with Gasteiger partial charge in [0.2, 0.25) is 0 Å². The SMILES string of the molecule is COCC(C)NCCN1CCC2CCCCC21. The molecule has 3 nitrogen and oxygen atoms in total. The second kappa shape index (κ2) is 6.72.